The van der Waals surface area contributed by atoms with Gasteiger partial charge in [0.2, 0.25) is 0 Å². The van der Waals surface area contributed by atoms with Crippen LogP contribution in [0, 0.1) is 11.8 Å². The van der Waals surface area contributed by atoms with Crippen LogP contribution in [0.2, 0.25) is 0 Å². The van der Waals surface area contributed by atoms with E-state index in [0.717, 1.165) is 63.0 Å². The average Bonchev–Trinajstić information content (AvgIpc) is 3.29. The lowest BCUT2D eigenvalue weighted by molar-refractivity contribution is -0.187. The SMILES string of the molecule is O=C(OC1CN2CCC1CC2)[C@@](O)(c1cccs1)C1CCCC1. The minimum absolute atomic E-state index is 0.00488. The highest BCUT2D eigenvalue weighted by Crippen LogP contribution is 2.44. The molecule has 1 aromatic rings. The Labute approximate surface area is 141 Å². The second kappa shape index (κ2) is 6.19. The second-order valence-corrected chi connectivity index (χ2v) is 8.25. The summed E-state index contributed by atoms with van der Waals surface area (Å²) in [5.41, 5.74) is -1.45. The third-order valence-corrected chi connectivity index (χ3v) is 7.00. The molecule has 2 atom stereocenters. The number of rotatable bonds is 4. The molecule has 4 heterocycles. The zero-order valence-corrected chi connectivity index (χ0v) is 14.3. The molecule has 4 aliphatic rings. The molecule has 3 saturated heterocycles. The van der Waals surface area contributed by atoms with Gasteiger partial charge in [0.25, 0.3) is 0 Å². The van der Waals surface area contributed by atoms with Crippen LogP contribution in [0.25, 0.3) is 0 Å². The van der Waals surface area contributed by atoms with E-state index in [1.807, 2.05) is 17.5 Å². The highest BCUT2D eigenvalue weighted by Gasteiger charge is 2.50. The first kappa shape index (κ1) is 15.6. The number of thiophene rings is 1. The summed E-state index contributed by atoms with van der Waals surface area (Å²) in [6, 6.07) is 3.78. The van der Waals surface area contributed by atoms with Gasteiger partial charge in [-0.2, -0.15) is 0 Å². The minimum Gasteiger partial charge on any atom is -0.458 e. The molecule has 0 aromatic carbocycles. The first-order valence-electron chi connectivity index (χ1n) is 8.87. The van der Waals surface area contributed by atoms with Crippen LogP contribution in [-0.4, -0.2) is 41.7 Å². The summed E-state index contributed by atoms with van der Waals surface area (Å²) in [5.74, 6) is 0.0560. The molecule has 1 aromatic heterocycles. The Morgan fingerprint density at radius 3 is 2.57 bits per heavy atom. The smallest absolute Gasteiger partial charge is 0.344 e. The molecule has 1 N–H and O–H groups in total. The van der Waals surface area contributed by atoms with Crippen molar-refractivity contribution in [2.75, 3.05) is 19.6 Å². The summed E-state index contributed by atoms with van der Waals surface area (Å²) >= 11 is 1.46. The van der Waals surface area contributed by atoms with E-state index in [1.54, 1.807) is 0 Å². The van der Waals surface area contributed by atoms with Crippen LogP contribution in [0.3, 0.4) is 0 Å². The Kier molecular flexibility index (Phi) is 4.20. The van der Waals surface area contributed by atoms with E-state index in [0.29, 0.717) is 5.92 Å². The number of carbonyl (C=O) groups is 1. The molecule has 126 valence electrons. The van der Waals surface area contributed by atoms with Gasteiger partial charge in [-0.05, 0) is 56.1 Å². The van der Waals surface area contributed by atoms with Gasteiger partial charge in [-0.3, -0.25) is 4.90 Å². The number of hydrogen-bond donors (Lipinski definition) is 1. The Morgan fingerprint density at radius 2 is 2.00 bits per heavy atom. The van der Waals surface area contributed by atoms with Gasteiger partial charge >= 0.3 is 5.97 Å². The largest absolute Gasteiger partial charge is 0.458 e. The van der Waals surface area contributed by atoms with E-state index in [4.69, 9.17) is 4.74 Å². The van der Waals surface area contributed by atoms with Crippen molar-refractivity contribution in [1.29, 1.82) is 0 Å². The van der Waals surface area contributed by atoms with Gasteiger partial charge in [-0.1, -0.05) is 18.9 Å². The summed E-state index contributed by atoms with van der Waals surface area (Å²) < 4.78 is 5.90. The molecule has 5 rings (SSSR count). The molecule has 2 bridgehead atoms. The number of carbonyl (C=O) groups excluding carboxylic acids is 1. The quantitative estimate of drug-likeness (QED) is 0.860. The third-order valence-electron chi connectivity index (χ3n) is 6.01. The minimum atomic E-state index is -1.45. The third kappa shape index (κ3) is 2.73. The predicted octanol–water partition coefficient (Wildman–Crippen LogP) is 2.76. The van der Waals surface area contributed by atoms with Crippen molar-refractivity contribution in [1.82, 2.24) is 4.90 Å². The van der Waals surface area contributed by atoms with E-state index in [2.05, 4.69) is 4.90 Å². The molecule has 5 heteroatoms. The molecule has 23 heavy (non-hydrogen) atoms. The van der Waals surface area contributed by atoms with Crippen LogP contribution in [0.1, 0.15) is 43.4 Å². The molecule has 0 spiro atoms. The Hall–Kier alpha value is -0.910. The van der Waals surface area contributed by atoms with E-state index in [-0.39, 0.29) is 12.0 Å². The van der Waals surface area contributed by atoms with E-state index < -0.39 is 11.6 Å². The Morgan fingerprint density at radius 1 is 1.26 bits per heavy atom. The van der Waals surface area contributed by atoms with E-state index in [9.17, 15) is 9.90 Å². The summed E-state index contributed by atoms with van der Waals surface area (Å²) in [5, 5.41) is 13.3. The lowest BCUT2D eigenvalue weighted by Crippen LogP contribution is -2.54. The van der Waals surface area contributed by atoms with Crippen LogP contribution < -0.4 is 0 Å². The maximum Gasteiger partial charge on any atom is 0.344 e. The number of esters is 1. The van der Waals surface area contributed by atoms with Gasteiger partial charge in [-0.15, -0.1) is 11.3 Å². The monoisotopic (exact) mass is 335 g/mol. The van der Waals surface area contributed by atoms with Gasteiger partial charge in [0, 0.05) is 17.3 Å². The van der Waals surface area contributed by atoms with Crippen molar-refractivity contribution in [2.45, 2.75) is 50.2 Å². The van der Waals surface area contributed by atoms with Crippen molar-refractivity contribution in [3.63, 3.8) is 0 Å². The zero-order valence-electron chi connectivity index (χ0n) is 13.4. The number of fused-ring (bicyclic) bond motifs is 3. The van der Waals surface area contributed by atoms with E-state index in [1.165, 1.54) is 11.3 Å². The highest BCUT2D eigenvalue weighted by atomic mass is 32.1. The summed E-state index contributed by atoms with van der Waals surface area (Å²) in [6.07, 6.45) is 6.17. The summed E-state index contributed by atoms with van der Waals surface area (Å²) in [6.45, 7) is 3.08. The lowest BCUT2D eigenvalue weighted by atomic mass is 9.83. The first-order chi connectivity index (χ1) is 11.2. The molecule has 1 aliphatic carbocycles. The maximum absolute atomic E-state index is 13.0. The van der Waals surface area contributed by atoms with Gasteiger partial charge in [0.05, 0.1) is 0 Å². The number of piperidine rings is 3. The highest BCUT2D eigenvalue weighted by molar-refractivity contribution is 7.10. The van der Waals surface area contributed by atoms with Gasteiger partial charge < -0.3 is 9.84 Å². The fourth-order valence-electron chi connectivity index (χ4n) is 4.58. The van der Waals surface area contributed by atoms with E-state index >= 15 is 0 Å². The standard InChI is InChI=1S/C18H25NO3S/c20-17(22-15-12-19-9-7-13(15)8-10-19)18(21,14-4-1-2-5-14)16-6-3-11-23-16/h3,6,11,13-15,21H,1-2,4-5,7-10,12H2/t15?,18-/m0/s1. The first-order valence-corrected chi connectivity index (χ1v) is 9.75. The number of aliphatic hydroxyl groups is 1. The number of nitrogens with zero attached hydrogens (tertiary/aromatic N) is 1. The van der Waals surface area contributed by atoms with Crippen LogP contribution in [0.5, 0.6) is 0 Å². The normalized spacial score (nSPS) is 33.5. The average molecular weight is 335 g/mol. The zero-order chi connectivity index (χ0) is 15.9. The fourth-order valence-corrected chi connectivity index (χ4v) is 5.47. The van der Waals surface area contributed by atoms with Crippen molar-refractivity contribution >= 4 is 17.3 Å². The Balaban J connectivity index is 1.55. The predicted molar refractivity (Wildman–Crippen MR) is 89.2 cm³/mol. The van der Waals surface area contributed by atoms with Gasteiger partial charge in [0.1, 0.15) is 6.10 Å². The molecule has 1 saturated carbocycles. The molecule has 4 fully saturated rings. The Bertz CT molecular complexity index is 547. The molecule has 0 radical (unpaired) electrons. The lowest BCUT2D eigenvalue weighted by Gasteiger charge is -2.45. The number of hydrogen-bond acceptors (Lipinski definition) is 5. The summed E-state index contributed by atoms with van der Waals surface area (Å²) in [4.78, 5) is 16.1. The van der Waals surface area contributed by atoms with Crippen molar-refractivity contribution < 1.29 is 14.6 Å². The molecule has 3 aliphatic heterocycles. The van der Waals surface area contributed by atoms with Crippen LogP contribution in [0.4, 0.5) is 0 Å². The van der Waals surface area contributed by atoms with Crippen molar-refractivity contribution in [2.24, 2.45) is 11.8 Å². The van der Waals surface area contributed by atoms with Crippen LogP contribution in [-0.2, 0) is 15.1 Å². The summed E-state index contributed by atoms with van der Waals surface area (Å²) in [7, 11) is 0. The fraction of sp³-hybridized carbons (Fsp3) is 0.722. The number of ether oxygens (including phenoxy) is 1. The molecule has 4 nitrogen and oxygen atoms in total. The topological polar surface area (TPSA) is 49.8 Å². The molecule has 0 amide bonds. The van der Waals surface area contributed by atoms with Gasteiger partial charge in [0.15, 0.2) is 5.60 Å². The molecule has 1 unspecified atom stereocenters. The van der Waals surface area contributed by atoms with Crippen LogP contribution in [0.15, 0.2) is 17.5 Å². The van der Waals surface area contributed by atoms with Crippen LogP contribution >= 0.6 is 11.3 Å². The molecular weight excluding hydrogens is 310 g/mol. The maximum atomic E-state index is 13.0. The van der Waals surface area contributed by atoms with Gasteiger partial charge in [-0.25, -0.2) is 4.79 Å². The second-order valence-electron chi connectivity index (χ2n) is 7.31. The molecular formula is C18H25NO3S. The van der Waals surface area contributed by atoms with Crippen molar-refractivity contribution in [3.8, 4) is 0 Å². The van der Waals surface area contributed by atoms with Crippen molar-refractivity contribution in [3.05, 3.63) is 22.4 Å².